The summed E-state index contributed by atoms with van der Waals surface area (Å²) in [6, 6.07) is 5.57. The molecule has 94 valence electrons. The van der Waals surface area contributed by atoms with Gasteiger partial charge in [0, 0.05) is 0 Å². The quantitative estimate of drug-likeness (QED) is 0.862. The maximum absolute atomic E-state index is 12.4. The van der Waals surface area contributed by atoms with Crippen LogP contribution in [0.1, 0.15) is 17.2 Å². The van der Waals surface area contributed by atoms with Crippen LogP contribution in [0.25, 0.3) is 0 Å². The Labute approximate surface area is 95.5 Å². The molecule has 2 N–H and O–H groups in total. The molecule has 0 amide bonds. The summed E-state index contributed by atoms with van der Waals surface area (Å²) in [7, 11) is 0. The Morgan fingerprint density at radius 2 is 1.71 bits per heavy atom. The van der Waals surface area contributed by atoms with E-state index in [-0.39, 0.29) is 5.56 Å². The third-order valence-electron chi connectivity index (χ3n) is 2.35. The molecule has 0 saturated carbocycles. The lowest BCUT2D eigenvalue weighted by atomic mass is 9.95. The summed E-state index contributed by atoms with van der Waals surface area (Å²) in [5, 5.41) is 18.0. The average Bonchev–Trinajstić information content (AvgIpc) is 2.15. The molecule has 3 nitrogen and oxygen atoms in total. The molecule has 0 unspecified atom stereocenters. The van der Waals surface area contributed by atoms with Gasteiger partial charge < -0.3 is 10.2 Å². The zero-order valence-corrected chi connectivity index (χ0v) is 8.90. The molecule has 0 aliphatic rings. The minimum absolute atomic E-state index is 0.0691. The first-order valence-electron chi connectivity index (χ1n) is 4.77. The van der Waals surface area contributed by atoms with Crippen molar-refractivity contribution >= 4 is 5.97 Å². The second-order valence-electron chi connectivity index (χ2n) is 3.71. The summed E-state index contributed by atoms with van der Waals surface area (Å²) >= 11 is 0. The van der Waals surface area contributed by atoms with Gasteiger partial charge in [0.2, 0.25) is 0 Å². The van der Waals surface area contributed by atoms with Crippen LogP contribution in [0, 0.1) is 12.8 Å². The lowest BCUT2D eigenvalue weighted by molar-refractivity contribution is -0.212. The molecule has 0 aromatic heterocycles. The zero-order chi connectivity index (χ0) is 13.2. The Kier molecular flexibility index (Phi) is 3.77. The number of rotatable bonds is 3. The van der Waals surface area contributed by atoms with Crippen LogP contribution in [-0.2, 0) is 4.79 Å². The first kappa shape index (κ1) is 13.5. The fourth-order valence-corrected chi connectivity index (χ4v) is 1.41. The van der Waals surface area contributed by atoms with Crippen LogP contribution < -0.4 is 0 Å². The molecule has 1 aromatic rings. The molecule has 0 fully saturated rings. The van der Waals surface area contributed by atoms with Crippen molar-refractivity contribution in [3.63, 3.8) is 0 Å². The van der Waals surface area contributed by atoms with Crippen molar-refractivity contribution in [1.82, 2.24) is 0 Å². The van der Waals surface area contributed by atoms with Crippen molar-refractivity contribution in [2.24, 2.45) is 5.92 Å². The highest BCUT2D eigenvalue weighted by atomic mass is 19.4. The van der Waals surface area contributed by atoms with Gasteiger partial charge in [-0.3, -0.25) is 4.79 Å². The Bertz CT molecular complexity index is 397. The normalized spacial score (nSPS) is 15.4. The van der Waals surface area contributed by atoms with Gasteiger partial charge in [-0.05, 0) is 12.5 Å². The van der Waals surface area contributed by atoms with E-state index in [1.165, 1.54) is 24.3 Å². The zero-order valence-electron chi connectivity index (χ0n) is 8.90. The van der Waals surface area contributed by atoms with Gasteiger partial charge in [0.05, 0.1) is 0 Å². The van der Waals surface area contributed by atoms with E-state index in [4.69, 9.17) is 5.11 Å². The summed E-state index contributed by atoms with van der Waals surface area (Å²) in [6.07, 6.45) is -7.09. The number of carboxylic acids is 1. The van der Waals surface area contributed by atoms with Crippen LogP contribution in [0.5, 0.6) is 0 Å². The van der Waals surface area contributed by atoms with E-state index in [1.54, 1.807) is 6.92 Å². The van der Waals surface area contributed by atoms with Gasteiger partial charge in [-0.2, -0.15) is 13.2 Å². The number of aliphatic hydroxyl groups is 1. The number of aliphatic hydroxyl groups excluding tert-OH is 1. The van der Waals surface area contributed by atoms with Crippen molar-refractivity contribution in [3.05, 3.63) is 35.4 Å². The van der Waals surface area contributed by atoms with Gasteiger partial charge >= 0.3 is 12.1 Å². The molecule has 0 bridgehead atoms. The van der Waals surface area contributed by atoms with Crippen LogP contribution in [0.3, 0.4) is 0 Å². The topological polar surface area (TPSA) is 57.5 Å². The molecule has 0 spiro atoms. The second kappa shape index (κ2) is 4.75. The standard InChI is InChI=1S/C11H11F3O3/c1-6-2-4-7(5-3-6)9(15)8(10(16)17)11(12,13)14/h2-5,8-9,15H,1H3,(H,16,17)/t8-,9-/m0/s1. The highest BCUT2D eigenvalue weighted by Crippen LogP contribution is 2.36. The molecule has 0 saturated heterocycles. The number of halogens is 3. The van der Waals surface area contributed by atoms with Crippen LogP contribution in [0.4, 0.5) is 13.2 Å². The third kappa shape index (κ3) is 3.20. The highest BCUT2D eigenvalue weighted by Gasteiger charge is 2.50. The number of benzene rings is 1. The summed E-state index contributed by atoms with van der Waals surface area (Å²) in [6.45, 7) is 1.73. The van der Waals surface area contributed by atoms with E-state index in [1.807, 2.05) is 0 Å². The summed E-state index contributed by atoms with van der Waals surface area (Å²) in [4.78, 5) is 10.5. The number of carboxylic acid groups (broad SMARTS) is 1. The van der Waals surface area contributed by atoms with Gasteiger partial charge in [-0.25, -0.2) is 0 Å². The number of hydrogen-bond donors (Lipinski definition) is 2. The van der Waals surface area contributed by atoms with E-state index in [0.29, 0.717) is 0 Å². The van der Waals surface area contributed by atoms with Gasteiger partial charge in [0.1, 0.15) is 6.10 Å². The number of aryl methyl sites for hydroxylation is 1. The van der Waals surface area contributed by atoms with Gasteiger partial charge in [0.25, 0.3) is 0 Å². The maximum Gasteiger partial charge on any atom is 0.405 e. The van der Waals surface area contributed by atoms with Crippen molar-refractivity contribution in [3.8, 4) is 0 Å². The van der Waals surface area contributed by atoms with E-state index < -0.39 is 24.2 Å². The Balaban J connectivity index is 3.04. The third-order valence-corrected chi connectivity index (χ3v) is 2.35. The minimum Gasteiger partial charge on any atom is -0.481 e. The minimum atomic E-state index is -4.99. The predicted octanol–water partition coefficient (Wildman–Crippen LogP) is 2.29. The lowest BCUT2D eigenvalue weighted by Gasteiger charge is -2.21. The molecule has 1 rings (SSSR count). The monoisotopic (exact) mass is 248 g/mol. The first-order chi connectivity index (χ1) is 7.73. The molecule has 17 heavy (non-hydrogen) atoms. The van der Waals surface area contributed by atoms with Gasteiger partial charge in [0.15, 0.2) is 5.92 Å². The Morgan fingerprint density at radius 3 is 2.06 bits per heavy atom. The number of carbonyl (C=O) groups is 1. The molecule has 0 heterocycles. The largest absolute Gasteiger partial charge is 0.481 e. The van der Waals surface area contributed by atoms with Crippen LogP contribution in [0.15, 0.2) is 24.3 Å². The number of aliphatic carboxylic acids is 1. The van der Waals surface area contributed by atoms with E-state index in [2.05, 4.69) is 0 Å². The van der Waals surface area contributed by atoms with Crippen molar-refractivity contribution in [2.75, 3.05) is 0 Å². The molecular weight excluding hydrogens is 237 g/mol. The molecule has 1 aromatic carbocycles. The van der Waals surface area contributed by atoms with Gasteiger partial charge in [-0.1, -0.05) is 29.8 Å². The summed E-state index contributed by atoms with van der Waals surface area (Å²) < 4.78 is 37.3. The molecule has 0 aliphatic heterocycles. The molecular formula is C11H11F3O3. The SMILES string of the molecule is Cc1ccc([C@H](O)[C@@H](C(=O)O)C(F)(F)F)cc1. The number of hydrogen-bond acceptors (Lipinski definition) is 2. The first-order valence-corrected chi connectivity index (χ1v) is 4.77. The molecule has 6 heteroatoms. The Morgan fingerprint density at radius 1 is 1.24 bits per heavy atom. The molecule has 2 atom stereocenters. The van der Waals surface area contributed by atoms with Crippen LogP contribution >= 0.6 is 0 Å². The van der Waals surface area contributed by atoms with E-state index in [0.717, 1.165) is 5.56 Å². The molecule has 0 radical (unpaired) electrons. The van der Waals surface area contributed by atoms with Crippen LogP contribution in [0.2, 0.25) is 0 Å². The average molecular weight is 248 g/mol. The fraction of sp³-hybridized carbons (Fsp3) is 0.364. The van der Waals surface area contributed by atoms with E-state index in [9.17, 15) is 23.1 Å². The fourth-order valence-electron chi connectivity index (χ4n) is 1.41. The van der Waals surface area contributed by atoms with Crippen molar-refractivity contribution in [1.29, 1.82) is 0 Å². The highest BCUT2D eigenvalue weighted by molar-refractivity contribution is 5.72. The van der Waals surface area contributed by atoms with Gasteiger partial charge in [-0.15, -0.1) is 0 Å². The maximum atomic E-state index is 12.4. The second-order valence-corrected chi connectivity index (χ2v) is 3.71. The lowest BCUT2D eigenvalue weighted by Crippen LogP contribution is -2.35. The van der Waals surface area contributed by atoms with Crippen LogP contribution in [-0.4, -0.2) is 22.4 Å². The number of alkyl halides is 3. The smallest absolute Gasteiger partial charge is 0.405 e. The predicted molar refractivity (Wildman–Crippen MR) is 53.3 cm³/mol. The Hall–Kier alpha value is -1.56. The summed E-state index contributed by atoms with van der Waals surface area (Å²) in [5.74, 6) is -4.91. The van der Waals surface area contributed by atoms with Crippen molar-refractivity contribution < 1.29 is 28.2 Å². The summed E-state index contributed by atoms with van der Waals surface area (Å²) in [5.41, 5.74) is 0.736. The molecule has 0 aliphatic carbocycles. The van der Waals surface area contributed by atoms with Crippen molar-refractivity contribution in [2.45, 2.75) is 19.2 Å². The van der Waals surface area contributed by atoms with E-state index >= 15 is 0 Å².